The van der Waals surface area contributed by atoms with Crippen LogP contribution in [0.25, 0.3) is 11.4 Å². The van der Waals surface area contributed by atoms with Gasteiger partial charge in [0, 0.05) is 44.0 Å². The van der Waals surface area contributed by atoms with E-state index in [2.05, 4.69) is 15.0 Å². The van der Waals surface area contributed by atoms with Crippen molar-refractivity contribution in [3.8, 4) is 17.1 Å². The minimum absolute atomic E-state index is 0.0242. The van der Waals surface area contributed by atoms with Crippen LogP contribution in [0.5, 0.6) is 5.75 Å². The van der Waals surface area contributed by atoms with E-state index < -0.39 is 11.6 Å². The van der Waals surface area contributed by atoms with Gasteiger partial charge in [0.2, 0.25) is 0 Å². The molecule has 1 aliphatic heterocycles. The summed E-state index contributed by atoms with van der Waals surface area (Å²) in [7, 11) is 0. The first-order valence-corrected chi connectivity index (χ1v) is 8.81. The summed E-state index contributed by atoms with van der Waals surface area (Å²) >= 11 is 5.84. The van der Waals surface area contributed by atoms with Crippen molar-refractivity contribution in [3.63, 3.8) is 0 Å². The number of phenolic OH excluding ortho intramolecular Hbond substituents is 1. The molecule has 8 heteroatoms. The number of hydrogen-bond acceptors (Lipinski definition) is 5. The van der Waals surface area contributed by atoms with Gasteiger partial charge in [-0.3, -0.25) is 14.7 Å². The second kappa shape index (κ2) is 7.09. The standard InChI is InChI=1S/C19H16ClFN4O2/c20-14-7-11(8-15(21)17(14)26)9-25-6-3-16-13(10-25)19(27)24-18(23-16)12-1-4-22-5-2-12/h1-2,4-5,7-8,26H,3,6,9-10H2,(H,23,24,27). The van der Waals surface area contributed by atoms with Gasteiger partial charge in [-0.15, -0.1) is 0 Å². The average Bonchev–Trinajstić information content (AvgIpc) is 2.67. The normalized spacial score (nSPS) is 14.1. The summed E-state index contributed by atoms with van der Waals surface area (Å²) in [4.78, 5) is 26.0. The Morgan fingerprint density at radius 2 is 2.07 bits per heavy atom. The molecule has 0 amide bonds. The highest BCUT2D eigenvalue weighted by atomic mass is 35.5. The van der Waals surface area contributed by atoms with Crippen LogP contribution >= 0.6 is 11.6 Å². The number of rotatable bonds is 3. The minimum Gasteiger partial charge on any atom is -0.504 e. The van der Waals surface area contributed by atoms with E-state index in [1.165, 1.54) is 12.1 Å². The molecule has 3 aromatic rings. The van der Waals surface area contributed by atoms with Crippen LogP contribution < -0.4 is 5.56 Å². The number of pyridine rings is 1. The highest BCUT2D eigenvalue weighted by Gasteiger charge is 2.22. The van der Waals surface area contributed by atoms with Gasteiger partial charge in [0.1, 0.15) is 5.82 Å². The lowest BCUT2D eigenvalue weighted by Crippen LogP contribution is -2.35. The molecule has 1 aromatic carbocycles. The number of fused-ring (bicyclic) bond motifs is 1. The lowest BCUT2D eigenvalue weighted by molar-refractivity contribution is 0.241. The SMILES string of the molecule is O=c1[nH]c(-c2ccncc2)nc2c1CN(Cc1cc(F)c(O)c(Cl)c1)CC2. The van der Waals surface area contributed by atoms with Crippen LogP contribution in [0, 0.1) is 5.82 Å². The van der Waals surface area contributed by atoms with Crippen molar-refractivity contribution in [2.75, 3.05) is 6.54 Å². The fourth-order valence-electron chi connectivity index (χ4n) is 3.23. The van der Waals surface area contributed by atoms with Crippen molar-refractivity contribution in [2.24, 2.45) is 0 Å². The molecule has 0 radical (unpaired) electrons. The van der Waals surface area contributed by atoms with E-state index in [9.17, 15) is 14.3 Å². The molecule has 2 N–H and O–H groups in total. The van der Waals surface area contributed by atoms with Gasteiger partial charge in [0.05, 0.1) is 16.3 Å². The highest BCUT2D eigenvalue weighted by molar-refractivity contribution is 6.32. The zero-order valence-electron chi connectivity index (χ0n) is 14.2. The van der Waals surface area contributed by atoms with Crippen molar-refractivity contribution in [3.05, 3.63) is 74.7 Å². The molecule has 0 unspecified atom stereocenters. The number of H-pyrrole nitrogens is 1. The van der Waals surface area contributed by atoms with Gasteiger partial charge >= 0.3 is 0 Å². The van der Waals surface area contributed by atoms with Gasteiger partial charge in [0.25, 0.3) is 5.56 Å². The van der Waals surface area contributed by atoms with Crippen LogP contribution in [-0.4, -0.2) is 31.5 Å². The molecular formula is C19H16ClFN4O2. The Balaban J connectivity index is 1.58. The second-order valence-corrected chi connectivity index (χ2v) is 6.85. The van der Waals surface area contributed by atoms with Gasteiger partial charge in [-0.05, 0) is 29.8 Å². The summed E-state index contributed by atoms with van der Waals surface area (Å²) in [6.07, 6.45) is 3.92. The fraction of sp³-hybridized carbons (Fsp3) is 0.211. The summed E-state index contributed by atoms with van der Waals surface area (Å²) in [5.41, 5.74) is 2.66. The van der Waals surface area contributed by atoms with Crippen LogP contribution in [0.15, 0.2) is 41.5 Å². The summed E-state index contributed by atoms with van der Waals surface area (Å²) in [5, 5.41) is 9.42. The number of halogens is 2. The molecule has 27 heavy (non-hydrogen) atoms. The average molecular weight is 387 g/mol. The largest absolute Gasteiger partial charge is 0.504 e. The Morgan fingerprint density at radius 1 is 1.30 bits per heavy atom. The van der Waals surface area contributed by atoms with Crippen molar-refractivity contribution in [1.82, 2.24) is 19.9 Å². The van der Waals surface area contributed by atoms with Crippen molar-refractivity contribution < 1.29 is 9.50 Å². The fourth-order valence-corrected chi connectivity index (χ4v) is 3.46. The third-order valence-corrected chi connectivity index (χ3v) is 4.87. The monoisotopic (exact) mass is 386 g/mol. The van der Waals surface area contributed by atoms with Gasteiger partial charge in [-0.1, -0.05) is 11.6 Å². The lowest BCUT2D eigenvalue weighted by atomic mass is 10.1. The van der Waals surface area contributed by atoms with Crippen molar-refractivity contribution in [2.45, 2.75) is 19.5 Å². The minimum atomic E-state index is -0.753. The van der Waals surface area contributed by atoms with Crippen molar-refractivity contribution in [1.29, 1.82) is 0 Å². The number of nitrogens with one attached hydrogen (secondary N) is 1. The van der Waals surface area contributed by atoms with E-state index in [1.54, 1.807) is 24.5 Å². The van der Waals surface area contributed by atoms with E-state index in [0.717, 1.165) is 11.3 Å². The molecule has 4 rings (SSSR count). The van der Waals surface area contributed by atoms with Crippen molar-refractivity contribution >= 4 is 11.6 Å². The Hall–Kier alpha value is -2.77. The third-order valence-electron chi connectivity index (χ3n) is 4.58. The maximum absolute atomic E-state index is 13.7. The van der Waals surface area contributed by atoms with Gasteiger partial charge < -0.3 is 10.1 Å². The Kier molecular flexibility index (Phi) is 4.63. The van der Waals surface area contributed by atoms with Crippen LogP contribution in [0.2, 0.25) is 5.02 Å². The molecule has 6 nitrogen and oxygen atoms in total. The molecule has 0 atom stereocenters. The molecule has 0 fully saturated rings. The Labute approximate surface area is 159 Å². The number of aromatic hydroxyl groups is 1. The number of aromatic amines is 1. The van der Waals surface area contributed by atoms with Gasteiger partial charge in [0.15, 0.2) is 11.6 Å². The van der Waals surface area contributed by atoms with E-state index in [0.29, 0.717) is 43.0 Å². The molecule has 2 aromatic heterocycles. The summed E-state index contributed by atoms with van der Waals surface area (Å²) in [6, 6.07) is 6.38. The third kappa shape index (κ3) is 3.56. The molecule has 138 valence electrons. The topological polar surface area (TPSA) is 82.1 Å². The van der Waals surface area contributed by atoms with Gasteiger partial charge in [-0.25, -0.2) is 9.37 Å². The molecule has 0 bridgehead atoms. The van der Waals surface area contributed by atoms with E-state index >= 15 is 0 Å². The quantitative estimate of drug-likeness (QED) is 0.723. The first-order valence-electron chi connectivity index (χ1n) is 8.43. The number of benzene rings is 1. The summed E-state index contributed by atoms with van der Waals surface area (Å²) in [6.45, 7) is 1.51. The van der Waals surface area contributed by atoms with Gasteiger partial charge in [-0.2, -0.15) is 0 Å². The number of nitrogens with zero attached hydrogens (tertiary/aromatic N) is 3. The molecule has 1 aliphatic rings. The lowest BCUT2D eigenvalue weighted by Gasteiger charge is -2.27. The molecule has 3 heterocycles. The summed E-state index contributed by atoms with van der Waals surface area (Å²) in [5.74, 6) is -0.771. The van der Waals surface area contributed by atoms with Crippen LogP contribution in [0.1, 0.15) is 16.8 Å². The first kappa shape index (κ1) is 17.6. The van der Waals surface area contributed by atoms with Crippen LogP contribution in [-0.2, 0) is 19.5 Å². The number of aromatic nitrogens is 3. The number of hydrogen-bond donors (Lipinski definition) is 2. The molecular weight excluding hydrogens is 371 g/mol. The smallest absolute Gasteiger partial charge is 0.255 e. The maximum atomic E-state index is 13.7. The van der Waals surface area contributed by atoms with E-state index in [1.807, 2.05) is 4.90 Å². The molecule has 0 saturated carbocycles. The highest BCUT2D eigenvalue weighted by Crippen LogP contribution is 2.29. The first-order chi connectivity index (χ1) is 13.0. The van der Waals surface area contributed by atoms with E-state index in [-0.39, 0.29) is 10.6 Å². The zero-order valence-corrected chi connectivity index (χ0v) is 15.0. The molecule has 0 spiro atoms. The molecule has 0 aliphatic carbocycles. The van der Waals surface area contributed by atoms with E-state index in [4.69, 9.17) is 11.6 Å². The maximum Gasteiger partial charge on any atom is 0.255 e. The van der Waals surface area contributed by atoms with Crippen LogP contribution in [0.3, 0.4) is 0 Å². The second-order valence-electron chi connectivity index (χ2n) is 6.44. The summed E-state index contributed by atoms with van der Waals surface area (Å²) < 4.78 is 13.7. The Morgan fingerprint density at radius 3 is 2.81 bits per heavy atom. The predicted octanol–water partition coefficient (Wildman–Crippen LogP) is 2.89. The predicted molar refractivity (Wildman–Crippen MR) is 99.0 cm³/mol. The zero-order chi connectivity index (χ0) is 19.0. The van der Waals surface area contributed by atoms with Crippen LogP contribution in [0.4, 0.5) is 4.39 Å². The molecule has 0 saturated heterocycles. The number of phenols is 1. The Bertz CT molecular complexity index is 1030.